The van der Waals surface area contributed by atoms with Gasteiger partial charge >= 0.3 is 0 Å². The summed E-state index contributed by atoms with van der Waals surface area (Å²) < 4.78 is 18.2. The average molecular weight is 294 g/mol. The normalized spacial score (nSPS) is 32.9. The fourth-order valence-electron chi connectivity index (χ4n) is 2.68. The van der Waals surface area contributed by atoms with Crippen LogP contribution in [0.2, 0.25) is 0 Å². The number of nitrogens with two attached hydrogens (primary N) is 1. The number of hydrogen-bond acceptors (Lipinski definition) is 7. The predicted octanol–water partition coefficient (Wildman–Crippen LogP) is 0.281. The molecule has 1 saturated heterocycles. The van der Waals surface area contributed by atoms with Gasteiger partial charge in [0.2, 0.25) is 0 Å². The van der Waals surface area contributed by atoms with E-state index in [1.165, 1.54) is 20.5 Å². The molecule has 1 aliphatic heterocycles. The third-order valence-corrected chi connectivity index (χ3v) is 4.06. The van der Waals surface area contributed by atoms with Crippen LogP contribution in [0.25, 0.3) is 11.0 Å². The van der Waals surface area contributed by atoms with Gasteiger partial charge in [0.1, 0.15) is 29.5 Å². The zero-order valence-corrected chi connectivity index (χ0v) is 12.1. The summed E-state index contributed by atoms with van der Waals surface area (Å²) in [6, 6.07) is 1.80. The van der Waals surface area contributed by atoms with E-state index < -0.39 is 24.2 Å². The van der Waals surface area contributed by atoms with E-state index in [-0.39, 0.29) is 0 Å². The Balaban J connectivity index is 2.11. The number of aliphatic hydroxyl groups is 1. The van der Waals surface area contributed by atoms with Crippen molar-refractivity contribution in [2.75, 3.05) is 20.0 Å². The van der Waals surface area contributed by atoms with Crippen molar-refractivity contribution in [2.24, 2.45) is 0 Å². The molecular formula is C13H18N4O4. The second-order valence-corrected chi connectivity index (χ2v) is 5.14. The number of aliphatic hydroxyl groups excluding tert-OH is 1. The van der Waals surface area contributed by atoms with Gasteiger partial charge in [-0.15, -0.1) is 0 Å². The fraction of sp³-hybridized carbons (Fsp3) is 0.538. The van der Waals surface area contributed by atoms with Crippen molar-refractivity contribution in [3.05, 3.63) is 18.6 Å². The molecule has 3 heterocycles. The molecule has 0 aromatic carbocycles. The van der Waals surface area contributed by atoms with Gasteiger partial charge in [0.05, 0.1) is 5.39 Å². The van der Waals surface area contributed by atoms with E-state index in [1.54, 1.807) is 23.8 Å². The molecule has 0 radical (unpaired) electrons. The molecule has 0 aliphatic carbocycles. The number of hydrogen-bond donors (Lipinski definition) is 2. The van der Waals surface area contributed by atoms with Gasteiger partial charge < -0.3 is 29.6 Å². The van der Waals surface area contributed by atoms with Crippen molar-refractivity contribution >= 4 is 16.9 Å². The van der Waals surface area contributed by atoms with Crippen LogP contribution in [0.5, 0.6) is 0 Å². The lowest BCUT2D eigenvalue weighted by Gasteiger charge is -2.31. The number of aromatic nitrogens is 3. The quantitative estimate of drug-likeness (QED) is 0.837. The van der Waals surface area contributed by atoms with E-state index in [2.05, 4.69) is 9.97 Å². The lowest BCUT2D eigenvalue weighted by atomic mass is 9.99. The van der Waals surface area contributed by atoms with Crippen LogP contribution in [0.3, 0.4) is 0 Å². The van der Waals surface area contributed by atoms with Gasteiger partial charge in [0, 0.05) is 20.4 Å². The van der Waals surface area contributed by atoms with Gasteiger partial charge in [-0.1, -0.05) is 0 Å². The summed E-state index contributed by atoms with van der Waals surface area (Å²) in [4.78, 5) is 8.19. The maximum atomic E-state index is 10.4. The molecule has 0 saturated carbocycles. The second kappa shape index (κ2) is 4.92. The van der Waals surface area contributed by atoms with Gasteiger partial charge in [0.25, 0.3) is 0 Å². The maximum Gasteiger partial charge on any atom is 0.188 e. The van der Waals surface area contributed by atoms with Crippen molar-refractivity contribution in [3.8, 4) is 0 Å². The topological polar surface area (TPSA) is 105 Å². The van der Waals surface area contributed by atoms with E-state index in [9.17, 15) is 5.11 Å². The first-order valence-electron chi connectivity index (χ1n) is 6.51. The van der Waals surface area contributed by atoms with Crippen LogP contribution in [0.15, 0.2) is 18.6 Å². The van der Waals surface area contributed by atoms with Gasteiger partial charge in [-0.2, -0.15) is 0 Å². The molecule has 3 rings (SSSR count). The Labute approximate surface area is 121 Å². The number of nitrogens with zero attached hydrogens (tertiary/aromatic N) is 3. The minimum atomic E-state index is -0.980. The number of ether oxygens (including phenoxy) is 3. The minimum absolute atomic E-state index is 0.389. The Morgan fingerprint density at radius 2 is 2.19 bits per heavy atom. The molecule has 2 aromatic rings. The zero-order chi connectivity index (χ0) is 15.2. The van der Waals surface area contributed by atoms with E-state index in [0.717, 1.165) is 5.39 Å². The van der Waals surface area contributed by atoms with Crippen LogP contribution < -0.4 is 5.73 Å². The summed E-state index contributed by atoms with van der Waals surface area (Å²) in [7, 11) is 2.99. The summed E-state index contributed by atoms with van der Waals surface area (Å²) in [5.41, 5.74) is 5.47. The van der Waals surface area contributed by atoms with Gasteiger partial charge in [0.15, 0.2) is 12.5 Å². The zero-order valence-electron chi connectivity index (χ0n) is 12.1. The van der Waals surface area contributed by atoms with Gasteiger partial charge in [-0.25, -0.2) is 9.97 Å². The lowest BCUT2D eigenvalue weighted by Crippen LogP contribution is -2.45. The summed E-state index contributed by atoms with van der Waals surface area (Å²) in [6.45, 7) is 1.76. The number of anilines is 1. The molecule has 1 fully saturated rings. The first kappa shape index (κ1) is 14.2. The van der Waals surface area contributed by atoms with E-state index in [1.807, 2.05) is 0 Å². The van der Waals surface area contributed by atoms with Crippen molar-refractivity contribution in [1.82, 2.24) is 14.5 Å². The predicted molar refractivity (Wildman–Crippen MR) is 74.3 cm³/mol. The van der Waals surface area contributed by atoms with Crippen molar-refractivity contribution in [1.29, 1.82) is 0 Å². The third-order valence-electron chi connectivity index (χ3n) is 4.06. The Bertz CT molecular complexity index is 661. The second-order valence-electron chi connectivity index (χ2n) is 5.14. The Morgan fingerprint density at radius 3 is 2.86 bits per heavy atom. The fourth-order valence-corrected chi connectivity index (χ4v) is 2.68. The molecule has 3 N–H and O–H groups in total. The van der Waals surface area contributed by atoms with E-state index in [4.69, 9.17) is 19.9 Å². The van der Waals surface area contributed by atoms with Gasteiger partial charge in [-0.3, -0.25) is 0 Å². The highest BCUT2D eigenvalue weighted by molar-refractivity contribution is 5.86. The van der Waals surface area contributed by atoms with Crippen molar-refractivity contribution in [3.63, 3.8) is 0 Å². The standard InChI is InChI=1S/C13H18N4O4/c1-13(20-3)8(18)11(19-2)21-12(13)17-5-4-7-9(14)15-6-16-10(7)17/h4-6,8,11-12,18H,1-3H3,(H2,14,15,16)/t8?,11-,12+,13?/m0/s1. The molecule has 21 heavy (non-hydrogen) atoms. The first-order valence-corrected chi connectivity index (χ1v) is 6.51. The van der Waals surface area contributed by atoms with Gasteiger partial charge in [-0.05, 0) is 13.0 Å². The van der Waals surface area contributed by atoms with E-state index >= 15 is 0 Å². The highest BCUT2D eigenvalue weighted by atomic mass is 16.7. The van der Waals surface area contributed by atoms with Crippen LogP contribution in [0, 0.1) is 0 Å². The number of methoxy groups -OCH3 is 2. The number of nitrogen functional groups attached to an aromatic ring is 1. The average Bonchev–Trinajstić information content (AvgIpc) is 3.01. The number of rotatable bonds is 3. The largest absolute Gasteiger partial charge is 0.385 e. The molecular weight excluding hydrogens is 276 g/mol. The maximum absolute atomic E-state index is 10.4. The molecule has 0 bridgehead atoms. The molecule has 2 aromatic heterocycles. The lowest BCUT2D eigenvalue weighted by molar-refractivity contribution is -0.160. The smallest absolute Gasteiger partial charge is 0.188 e. The number of fused-ring (bicyclic) bond motifs is 1. The molecule has 1 aliphatic rings. The molecule has 2 unspecified atom stereocenters. The van der Waals surface area contributed by atoms with Crippen LogP contribution in [0.1, 0.15) is 13.2 Å². The Morgan fingerprint density at radius 1 is 1.43 bits per heavy atom. The molecule has 114 valence electrons. The van der Waals surface area contributed by atoms with Crippen LogP contribution in [-0.2, 0) is 14.2 Å². The summed E-state index contributed by atoms with van der Waals surface area (Å²) in [5.74, 6) is 0.389. The summed E-state index contributed by atoms with van der Waals surface area (Å²) >= 11 is 0. The molecule has 0 spiro atoms. The Hall–Kier alpha value is -1.74. The Kier molecular flexibility index (Phi) is 3.33. The third kappa shape index (κ3) is 1.91. The van der Waals surface area contributed by atoms with E-state index in [0.29, 0.717) is 11.5 Å². The molecule has 8 nitrogen and oxygen atoms in total. The summed E-state index contributed by atoms with van der Waals surface area (Å²) in [6.07, 6.45) is 0.847. The SMILES string of the molecule is CO[C@H]1O[C@@H](n2ccc3c(N)ncnc32)C(C)(OC)C1O. The van der Waals surface area contributed by atoms with Crippen LogP contribution in [-0.4, -0.2) is 51.9 Å². The van der Waals surface area contributed by atoms with Crippen molar-refractivity contribution in [2.45, 2.75) is 31.1 Å². The van der Waals surface area contributed by atoms with Crippen molar-refractivity contribution < 1.29 is 19.3 Å². The minimum Gasteiger partial charge on any atom is -0.385 e. The van der Waals surface area contributed by atoms with Crippen LogP contribution >= 0.6 is 0 Å². The highest BCUT2D eigenvalue weighted by Crippen LogP contribution is 2.42. The highest BCUT2D eigenvalue weighted by Gasteiger charge is 2.55. The molecule has 4 atom stereocenters. The summed E-state index contributed by atoms with van der Waals surface area (Å²) in [5, 5.41) is 11.1. The molecule has 8 heteroatoms. The molecule has 0 amide bonds. The first-order chi connectivity index (χ1) is 10.0. The monoisotopic (exact) mass is 294 g/mol. The van der Waals surface area contributed by atoms with Crippen LogP contribution in [0.4, 0.5) is 5.82 Å².